The Balaban J connectivity index is 1.73. The van der Waals surface area contributed by atoms with Gasteiger partial charge in [0, 0.05) is 19.1 Å². The van der Waals surface area contributed by atoms with E-state index in [1.807, 2.05) is 11.8 Å². The van der Waals surface area contributed by atoms with Gasteiger partial charge < -0.3 is 10.2 Å². The summed E-state index contributed by atoms with van der Waals surface area (Å²) in [6, 6.07) is 0.702. The summed E-state index contributed by atoms with van der Waals surface area (Å²) in [5.41, 5.74) is 0. The lowest BCUT2D eigenvalue weighted by Gasteiger charge is -2.41. The average Bonchev–Trinajstić information content (AvgIpc) is 2.52. The maximum absolute atomic E-state index is 12.3. The van der Waals surface area contributed by atoms with Gasteiger partial charge in [-0.2, -0.15) is 11.8 Å². The van der Waals surface area contributed by atoms with Crippen molar-refractivity contribution in [3.8, 4) is 0 Å². The Labute approximate surface area is 134 Å². The lowest BCUT2D eigenvalue weighted by molar-refractivity contribution is -0.127. The van der Waals surface area contributed by atoms with E-state index in [-0.39, 0.29) is 11.8 Å². The lowest BCUT2D eigenvalue weighted by atomic mass is 9.93. The first-order chi connectivity index (χ1) is 10.2. The van der Waals surface area contributed by atoms with Gasteiger partial charge in [-0.05, 0) is 70.8 Å². The van der Waals surface area contributed by atoms with Gasteiger partial charge in [0.25, 0.3) is 0 Å². The molecule has 2 fully saturated rings. The molecular formula is C16H31N3OS. The molecule has 0 saturated carbocycles. The van der Waals surface area contributed by atoms with Crippen LogP contribution in [0, 0.1) is 5.92 Å². The number of thioether (sulfide) groups is 1. The molecule has 0 aromatic rings. The van der Waals surface area contributed by atoms with Crippen LogP contribution in [0.3, 0.4) is 0 Å². The van der Waals surface area contributed by atoms with Crippen LogP contribution in [0.1, 0.15) is 32.1 Å². The zero-order chi connectivity index (χ0) is 15.1. The second-order valence-electron chi connectivity index (χ2n) is 6.51. The zero-order valence-corrected chi connectivity index (χ0v) is 14.5. The normalized spacial score (nSPS) is 25.9. The first-order valence-corrected chi connectivity index (χ1v) is 9.79. The molecule has 2 aliphatic heterocycles. The topological polar surface area (TPSA) is 35.6 Å². The van der Waals surface area contributed by atoms with Crippen molar-refractivity contribution in [2.75, 3.05) is 51.8 Å². The highest BCUT2D eigenvalue weighted by molar-refractivity contribution is 7.98. The number of carbonyl (C=O) groups is 1. The summed E-state index contributed by atoms with van der Waals surface area (Å²) in [4.78, 5) is 17.3. The van der Waals surface area contributed by atoms with Crippen molar-refractivity contribution in [2.24, 2.45) is 5.92 Å². The summed E-state index contributed by atoms with van der Waals surface area (Å²) in [6.45, 7) is 5.40. The first kappa shape index (κ1) is 17.1. The minimum atomic E-state index is 0.215. The highest BCUT2D eigenvalue weighted by Gasteiger charge is 2.30. The van der Waals surface area contributed by atoms with Gasteiger partial charge in [0.1, 0.15) is 0 Å². The molecule has 0 aromatic carbocycles. The molecule has 2 saturated heterocycles. The van der Waals surface area contributed by atoms with Gasteiger partial charge in [0.2, 0.25) is 5.91 Å². The number of nitrogens with zero attached hydrogens (tertiary/aromatic N) is 2. The lowest BCUT2D eigenvalue weighted by Crippen LogP contribution is -2.50. The van der Waals surface area contributed by atoms with E-state index < -0.39 is 0 Å². The minimum absolute atomic E-state index is 0.215. The standard InChI is InChI=1S/C16H31N3OS/c1-18-10-6-15(7-11-18)19-9-3-5-14(13-19)16(20)17-8-4-12-21-2/h14-15H,3-13H2,1-2H3,(H,17,20)/t14-/m1/s1. The van der Waals surface area contributed by atoms with Crippen molar-refractivity contribution in [1.82, 2.24) is 15.1 Å². The molecule has 2 heterocycles. The molecule has 0 unspecified atom stereocenters. The Morgan fingerprint density at radius 1 is 1.24 bits per heavy atom. The fourth-order valence-electron chi connectivity index (χ4n) is 3.48. The van der Waals surface area contributed by atoms with Crippen molar-refractivity contribution in [3.63, 3.8) is 0 Å². The van der Waals surface area contributed by atoms with E-state index in [1.165, 1.54) is 38.9 Å². The van der Waals surface area contributed by atoms with Crippen molar-refractivity contribution in [2.45, 2.75) is 38.1 Å². The highest BCUT2D eigenvalue weighted by atomic mass is 32.2. The second kappa shape index (κ2) is 9.01. The number of hydrogen-bond donors (Lipinski definition) is 1. The van der Waals surface area contributed by atoms with E-state index in [0.29, 0.717) is 6.04 Å². The van der Waals surface area contributed by atoms with Gasteiger partial charge in [0.15, 0.2) is 0 Å². The quantitative estimate of drug-likeness (QED) is 0.757. The summed E-state index contributed by atoms with van der Waals surface area (Å²) in [5, 5.41) is 3.13. The molecule has 2 aliphatic rings. The predicted octanol–water partition coefficient (Wildman–Crippen LogP) is 1.66. The molecule has 5 heteroatoms. The largest absolute Gasteiger partial charge is 0.356 e. The second-order valence-corrected chi connectivity index (χ2v) is 7.49. The summed E-state index contributed by atoms with van der Waals surface area (Å²) < 4.78 is 0. The van der Waals surface area contributed by atoms with E-state index in [9.17, 15) is 4.79 Å². The third-order valence-electron chi connectivity index (χ3n) is 4.85. The Morgan fingerprint density at radius 3 is 2.71 bits per heavy atom. The third-order valence-corrected chi connectivity index (χ3v) is 5.55. The zero-order valence-electron chi connectivity index (χ0n) is 13.6. The van der Waals surface area contributed by atoms with Crippen molar-refractivity contribution >= 4 is 17.7 Å². The molecule has 1 amide bonds. The average molecular weight is 314 g/mol. The predicted molar refractivity (Wildman–Crippen MR) is 90.8 cm³/mol. The van der Waals surface area contributed by atoms with Crippen molar-refractivity contribution < 1.29 is 4.79 Å². The van der Waals surface area contributed by atoms with E-state index in [2.05, 4.69) is 28.4 Å². The number of hydrogen-bond acceptors (Lipinski definition) is 4. The first-order valence-electron chi connectivity index (χ1n) is 8.40. The molecule has 4 nitrogen and oxygen atoms in total. The smallest absolute Gasteiger partial charge is 0.224 e. The van der Waals surface area contributed by atoms with Gasteiger partial charge in [-0.3, -0.25) is 9.69 Å². The Morgan fingerprint density at radius 2 is 2.00 bits per heavy atom. The fourth-order valence-corrected chi connectivity index (χ4v) is 3.92. The maximum atomic E-state index is 12.3. The maximum Gasteiger partial charge on any atom is 0.224 e. The monoisotopic (exact) mass is 313 g/mol. The van der Waals surface area contributed by atoms with Crippen molar-refractivity contribution in [3.05, 3.63) is 0 Å². The molecule has 0 aromatic heterocycles. The molecule has 0 radical (unpaired) electrons. The van der Waals surface area contributed by atoms with E-state index in [4.69, 9.17) is 0 Å². The fraction of sp³-hybridized carbons (Fsp3) is 0.938. The van der Waals surface area contributed by atoms with Gasteiger partial charge in [-0.1, -0.05) is 0 Å². The van der Waals surface area contributed by atoms with Crippen molar-refractivity contribution in [1.29, 1.82) is 0 Å². The molecule has 0 spiro atoms. The van der Waals surface area contributed by atoms with Crippen LogP contribution >= 0.6 is 11.8 Å². The molecule has 0 bridgehead atoms. The van der Waals surface area contributed by atoms with E-state index in [0.717, 1.165) is 31.7 Å². The minimum Gasteiger partial charge on any atom is -0.356 e. The van der Waals surface area contributed by atoms with Gasteiger partial charge in [-0.25, -0.2) is 0 Å². The van der Waals surface area contributed by atoms with Crippen LogP contribution in [0.5, 0.6) is 0 Å². The van der Waals surface area contributed by atoms with Crippen LogP contribution in [0.25, 0.3) is 0 Å². The van der Waals surface area contributed by atoms with Crippen LogP contribution < -0.4 is 5.32 Å². The van der Waals surface area contributed by atoms with Crippen LogP contribution in [0.4, 0.5) is 0 Å². The molecule has 21 heavy (non-hydrogen) atoms. The molecule has 122 valence electrons. The van der Waals surface area contributed by atoms with Crippen LogP contribution in [-0.4, -0.2) is 73.5 Å². The van der Waals surface area contributed by atoms with Gasteiger partial charge in [-0.15, -0.1) is 0 Å². The van der Waals surface area contributed by atoms with E-state index >= 15 is 0 Å². The Kier molecular flexibility index (Phi) is 7.34. The summed E-state index contributed by atoms with van der Waals surface area (Å²) in [6.07, 6.45) is 7.96. The van der Waals surface area contributed by atoms with Crippen LogP contribution in [0.2, 0.25) is 0 Å². The molecule has 2 rings (SSSR count). The number of piperidine rings is 2. The number of amides is 1. The van der Waals surface area contributed by atoms with Crippen LogP contribution in [0.15, 0.2) is 0 Å². The van der Waals surface area contributed by atoms with E-state index in [1.54, 1.807) is 0 Å². The third kappa shape index (κ3) is 5.46. The molecule has 1 N–H and O–H groups in total. The SMILES string of the molecule is CSCCCNC(=O)[C@@H]1CCCN(C2CCN(C)CC2)C1. The summed E-state index contributed by atoms with van der Waals surface area (Å²) in [7, 11) is 2.21. The highest BCUT2D eigenvalue weighted by Crippen LogP contribution is 2.23. The van der Waals surface area contributed by atoms with Gasteiger partial charge >= 0.3 is 0 Å². The molecule has 0 aliphatic carbocycles. The Bertz CT molecular complexity index is 319. The summed E-state index contributed by atoms with van der Waals surface area (Å²) >= 11 is 1.84. The Hall–Kier alpha value is -0.260. The van der Waals surface area contributed by atoms with Gasteiger partial charge in [0.05, 0.1) is 5.92 Å². The van der Waals surface area contributed by atoms with Crippen LogP contribution in [-0.2, 0) is 4.79 Å². The molecular weight excluding hydrogens is 282 g/mol. The number of carbonyl (C=O) groups excluding carboxylic acids is 1. The molecule has 1 atom stereocenters. The number of rotatable bonds is 6. The number of likely N-dealkylation sites (tertiary alicyclic amines) is 2. The summed E-state index contributed by atoms with van der Waals surface area (Å²) in [5.74, 6) is 1.63. The number of nitrogens with one attached hydrogen (secondary N) is 1.